The molecule has 0 aliphatic heterocycles. The molecule has 108 valence electrons. The minimum atomic E-state index is 0.321. The summed E-state index contributed by atoms with van der Waals surface area (Å²) < 4.78 is 3.03. The third-order valence-corrected chi connectivity index (χ3v) is 4.29. The number of halogens is 1. The number of aryl methyl sites for hydroxylation is 3. The first-order valence-corrected chi connectivity index (χ1v) is 7.88. The van der Waals surface area contributed by atoms with Gasteiger partial charge in [-0.05, 0) is 53.4 Å². The number of aromatic nitrogens is 2. The molecule has 0 saturated carbocycles. The summed E-state index contributed by atoms with van der Waals surface area (Å²) in [5, 5.41) is 7.89. The van der Waals surface area contributed by atoms with E-state index in [9.17, 15) is 0 Å². The average Bonchev–Trinajstić information content (AvgIpc) is 2.76. The normalized spacial score (nSPS) is 12.6. The maximum atomic E-state index is 4.32. The van der Waals surface area contributed by atoms with Gasteiger partial charge in [-0.3, -0.25) is 4.68 Å². The number of nitrogens with one attached hydrogen (secondary N) is 1. The lowest BCUT2D eigenvalue weighted by atomic mass is 9.99. The molecule has 0 aliphatic rings. The van der Waals surface area contributed by atoms with Crippen LogP contribution in [0.3, 0.4) is 0 Å². The van der Waals surface area contributed by atoms with Crippen molar-refractivity contribution in [2.75, 3.05) is 6.54 Å². The minimum Gasteiger partial charge on any atom is -0.309 e. The quantitative estimate of drug-likeness (QED) is 0.870. The SMILES string of the molecule is CCNC(CCc1ccccc1C)c1c(Br)cnn1C. The first kappa shape index (κ1) is 15.3. The van der Waals surface area contributed by atoms with Gasteiger partial charge < -0.3 is 5.32 Å². The van der Waals surface area contributed by atoms with Crippen molar-refractivity contribution in [1.29, 1.82) is 0 Å². The molecule has 0 bridgehead atoms. The fraction of sp³-hybridized carbons (Fsp3) is 0.438. The van der Waals surface area contributed by atoms with Gasteiger partial charge in [0.05, 0.1) is 22.4 Å². The highest BCUT2D eigenvalue weighted by atomic mass is 79.9. The van der Waals surface area contributed by atoms with Crippen LogP contribution in [0, 0.1) is 6.92 Å². The monoisotopic (exact) mass is 335 g/mol. The van der Waals surface area contributed by atoms with E-state index in [1.54, 1.807) is 0 Å². The van der Waals surface area contributed by atoms with Gasteiger partial charge in [0.25, 0.3) is 0 Å². The second-order valence-electron chi connectivity index (χ2n) is 5.08. The minimum absolute atomic E-state index is 0.321. The number of nitrogens with zero attached hydrogens (tertiary/aromatic N) is 2. The first-order valence-electron chi connectivity index (χ1n) is 7.08. The van der Waals surface area contributed by atoms with Crippen molar-refractivity contribution in [3.05, 3.63) is 51.8 Å². The molecule has 0 fully saturated rings. The van der Waals surface area contributed by atoms with Crippen LogP contribution in [-0.4, -0.2) is 16.3 Å². The van der Waals surface area contributed by atoms with Crippen LogP contribution in [0.15, 0.2) is 34.9 Å². The van der Waals surface area contributed by atoms with Crippen molar-refractivity contribution in [1.82, 2.24) is 15.1 Å². The summed E-state index contributed by atoms with van der Waals surface area (Å²) >= 11 is 3.61. The van der Waals surface area contributed by atoms with Crippen molar-refractivity contribution < 1.29 is 0 Å². The molecule has 1 atom stereocenters. The smallest absolute Gasteiger partial charge is 0.0692 e. The Morgan fingerprint density at radius 2 is 2.10 bits per heavy atom. The highest BCUT2D eigenvalue weighted by molar-refractivity contribution is 9.10. The molecule has 1 N–H and O–H groups in total. The molecule has 0 amide bonds. The molecule has 3 nitrogen and oxygen atoms in total. The highest BCUT2D eigenvalue weighted by Gasteiger charge is 2.18. The molecule has 1 aromatic carbocycles. The lowest BCUT2D eigenvalue weighted by Gasteiger charge is -2.19. The summed E-state index contributed by atoms with van der Waals surface area (Å²) in [5.41, 5.74) is 4.01. The topological polar surface area (TPSA) is 29.9 Å². The van der Waals surface area contributed by atoms with Crippen LogP contribution in [-0.2, 0) is 13.5 Å². The zero-order valence-corrected chi connectivity index (χ0v) is 13.9. The summed E-state index contributed by atoms with van der Waals surface area (Å²) in [6.07, 6.45) is 4.01. The molecule has 20 heavy (non-hydrogen) atoms. The Balaban J connectivity index is 2.13. The van der Waals surface area contributed by atoms with E-state index in [2.05, 4.69) is 64.5 Å². The maximum absolute atomic E-state index is 4.32. The molecule has 2 aromatic rings. The van der Waals surface area contributed by atoms with Crippen LogP contribution >= 0.6 is 15.9 Å². The predicted octanol–water partition coefficient (Wildman–Crippen LogP) is 3.77. The van der Waals surface area contributed by atoms with Gasteiger partial charge in [-0.2, -0.15) is 5.10 Å². The lowest BCUT2D eigenvalue weighted by Crippen LogP contribution is -2.24. The number of rotatable bonds is 6. The Bertz CT molecular complexity index is 543. The Hall–Kier alpha value is -1.13. The lowest BCUT2D eigenvalue weighted by molar-refractivity contribution is 0.478. The van der Waals surface area contributed by atoms with Crippen LogP contribution in [0.25, 0.3) is 0 Å². The second-order valence-corrected chi connectivity index (χ2v) is 5.93. The molecule has 2 rings (SSSR count). The summed E-state index contributed by atoms with van der Waals surface area (Å²) in [7, 11) is 2.00. The van der Waals surface area contributed by atoms with E-state index in [0.29, 0.717) is 6.04 Å². The second kappa shape index (κ2) is 7.04. The van der Waals surface area contributed by atoms with Gasteiger partial charge in [-0.25, -0.2) is 0 Å². The van der Waals surface area contributed by atoms with Crippen molar-refractivity contribution in [2.24, 2.45) is 7.05 Å². The molecule has 1 unspecified atom stereocenters. The van der Waals surface area contributed by atoms with Gasteiger partial charge in [0.1, 0.15) is 0 Å². The number of hydrogen-bond donors (Lipinski definition) is 1. The van der Waals surface area contributed by atoms with Crippen LogP contribution in [0.2, 0.25) is 0 Å². The molecule has 1 heterocycles. The highest BCUT2D eigenvalue weighted by Crippen LogP contribution is 2.26. The summed E-state index contributed by atoms with van der Waals surface area (Å²) in [5.74, 6) is 0. The number of benzene rings is 1. The zero-order valence-electron chi connectivity index (χ0n) is 12.4. The van der Waals surface area contributed by atoms with Crippen LogP contribution in [0.4, 0.5) is 0 Å². The molecular formula is C16H22BrN3. The third kappa shape index (κ3) is 3.49. The van der Waals surface area contributed by atoms with Crippen molar-refractivity contribution in [3.63, 3.8) is 0 Å². The van der Waals surface area contributed by atoms with Crippen LogP contribution in [0.1, 0.15) is 36.2 Å². The third-order valence-electron chi connectivity index (χ3n) is 3.68. The van der Waals surface area contributed by atoms with Crippen molar-refractivity contribution in [3.8, 4) is 0 Å². The van der Waals surface area contributed by atoms with E-state index in [4.69, 9.17) is 0 Å². The Labute approximate surface area is 129 Å². The molecule has 0 aliphatic carbocycles. The van der Waals surface area contributed by atoms with Crippen LogP contribution in [0.5, 0.6) is 0 Å². The number of hydrogen-bond acceptors (Lipinski definition) is 2. The van der Waals surface area contributed by atoms with Gasteiger partial charge in [0.15, 0.2) is 0 Å². The van der Waals surface area contributed by atoms with Crippen molar-refractivity contribution >= 4 is 15.9 Å². The maximum Gasteiger partial charge on any atom is 0.0692 e. The van der Waals surface area contributed by atoms with Crippen LogP contribution < -0.4 is 5.32 Å². The van der Waals surface area contributed by atoms with Crippen molar-refractivity contribution in [2.45, 2.75) is 32.7 Å². The largest absolute Gasteiger partial charge is 0.309 e. The fourth-order valence-electron chi connectivity index (χ4n) is 2.58. The molecular weight excluding hydrogens is 314 g/mol. The average molecular weight is 336 g/mol. The Morgan fingerprint density at radius 3 is 2.70 bits per heavy atom. The van der Waals surface area contributed by atoms with E-state index >= 15 is 0 Å². The zero-order chi connectivity index (χ0) is 14.5. The summed E-state index contributed by atoms with van der Waals surface area (Å²) in [6, 6.07) is 8.93. The first-order chi connectivity index (χ1) is 9.63. The van der Waals surface area contributed by atoms with E-state index < -0.39 is 0 Å². The van der Waals surface area contributed by atoms with Gasteiger partial charge >= 0.3 is 0 Å². The molecule has 0 radical (unpaired) electrons. The molecule has 4 heteroatoms. The Kier molecular flexibility index (Phi) is 5.38. The summed E-state index contributed by atoms with van der Waals surface area (Å²) in [6.45, 7) is 5.28. The van der Waals surface area contributed by atoms with E-state index in [1.807, 2.05) is 17.9 Å². The predicted molar refractivity (Wildman–Crippen MR) is 86.8 cm³/mol. The van der Waals surface area contributed by atoms with Gasteiger partial charge in [0, 0.05) is 7.05 Å². The van der Waals surface area contributed by atoms with E-state index in [1.165, 1.54) is 16.8 Å². The Morgan fingerprint density at radius 1 is 1.35 bits per heavy atom. The van der Waals surface area contributed by atoms with Gasteiger partial charge in [0.2, 0.25) is 0 Å². The van der Waals surface area contributed by atoms with Gasteiger partial charge in [-0.1, -0.05) is 31.2 Å². The van der Waals surface area contributed by atoms with Gasteiger partial charge in [-0.15, -0.1) is 0 Å². The standard InChI is InChI=1S/C16H22BrN3/c1-4-18-15(16-14(17)11-19-20(16)3)10-9-13-8-6-5-7-12(13)2/h5-8,11,15,18H,4,9-10H2,1-3H3. The van der Waals surface area contributed by atoms with E-state index in [0.717, 1.165) is 23.9 Å². The fourth-order valence-corrected chi connectivity index (χ4v) is 3.21. The molecule has 0 saturated heterocycles. The van der Waals surface area contributed by atoms with E-state index in [-0.39, 0.29) is 0 Å². The summed E-state index contributed by atoms with van der Waals surface area (Å²) in [4.78, 5) is 0. The molecule has 1 aromatic heterocycles. The molecule has 0 spiro atoms.